The molecule has 2 atom stereocenters. The highest BCUT2D eigenvalue weighted by Gasteiger charge is 2.23. The van der Waals surface area contributed by atoms with Crippen LogP contribution < -0.4 is 5.32 Å². The van der Waals surface area contributed by atoms with Crippen molar-refractivity contribution in [2.45, 2.75) is 46.2 Å². The minimum atomic E-state index is -0.0740. The van der Waals surface area contributed by atoms with Crippen LogP contribution in [0.2, 0.25) is 0 Å². The second-order valence-electron chi connectivity index (χ2n) is 6.08. The van der Waals surface area contributed by atoms with Crippen LogP contribution >= 0.6 is 0 Å². The first kappa shape index (κ1) is 15.8. The van der Waals surface area contributed by atoms with Gasteiger partial charge in [-0.25, -0.2) is 0 Å². The number of nitrogens with zero attached hydrogens (tertiary/aromatic N) is 2. The van der Waals surface area contributed by atoms with Gasteiger partial charge in [0, 0.05) is 25.1 Å². The Labute approximate surface area is 126 Å². The Balaban J connectivity index is 2.06. The van der Waals surface area contributed by atoms with Gasteiger partial charge in [-0.2, -0.15) is 5.10 Å². The lowest BCUT2D eigenvalue weighted by atomic mass is 10.1. The molecule has 2 rings (SSSR count). The summed E-state index contributed by atoms with van der Waals surface area (Å²) >= 11 is 0. The highest BCUT2D eigenvalue weighted by molar-refractivity contribution is 5.95. The zero-order valence-electron chi connectivity index (χ0n) is 13.0. The van der Waals surface area contributed by atoms with E-state index < -0.39 is 0 Å². The molecule has 0 unspecified atom stereocenters. The van der Waals surface area contributed by atoms with E-state index in [0.717, 1.165) is 25.1 Å². The van der Waals surface area contributed by atoms with E-state index in [4.69, 9.17) is 5.11 Å². The summed E-state index contributed by atoms with van der Waals surface area (Å²) < 4.78 is 1.93. The lowest BCUT2D eigenvalue weighted by Gasteiger charge is -2.13. The third kappa shape index (κ3) is 3.73. The van der Waals surface area contributed by atoms with Crippen molar-refractivity contribution in [3.63, 3.8) is 0 Å². The van der Waals surface area contributed by atoms with Crippen molar-refractivity contribution < 1.29 is 9.90 Å². The first-order valence-corrected chi connectivity index (χ1v) is 7.69. The van der Waals surface area contributed by atoms with Crippen molar-refractivity contribution >= 4 is 5.91 Å². The van der Waals surface area contributed by atoms with E-state index in [0.29, 0.717) is 11.5 Å². The molecule has 21 heavy (non-hydrogen) atoms. The summed E-state index contributed by atoms with van der Waals surface area (Å²) in [5.74, 6) is 0.578. The molecule has 0 bridgehead atoms. The standard InChI is InChI=1S/C16H25N3O2/c1-4-15-14(8-17-19(15)9-11(2)3)16(21)18-13-6-5-12(7-13)10-20/h5-6,8,11-13,20H,4,7,9-10H2,1-3H3,(H,18,21)/t12-,13+/m0/s1. The molecule has 1 amide bonds. The lowest BCUT2D eigenvalue weighted by molar-refractivity contribution is 0.0940. The van der Waals surface area contributed by atoms with Crippen LogP contribution in [0, 0.1) is 11.8 Å². The Morgan fingerprint density at radius 2 is 2.29 bits per heavy atom. The number of aliphatic hydroxyl groups excluding tert-OH is 1. The topological polar surface area (TPSA) is 67.2 Å². The van der Waals surface area contributed by atoms with Crippen molar-refractivity contribution in [1.82, 2.24) is 15.1 Å². The van der Waals surface area contributed by atoms with Crippen molar-refractivity contribution in [3.05, 3.63) is 29.6 Å². The number of hydrogen-bond acceptors (Lipinski definition) is 3. The lowest BCUT2D eigenvalue weighted by Crippen LogP contribution is -2.33. The van der Waals surface area contributed by atoms with Gasteiger partial charge in [-0.15, -0.1) is 0 Å². The number of rotatable bonds is 6. The average molecular weight is 291 g/mol. The second kappa shape index (κ2) is 6.89. The van der Waals surface area contributed by atoms with Crippen molar-refractivity contribution in [2.75, 3.05) is 6.61 Å². The third-order valence-corrected chi connectivity index (χ3v) is 3.79. The summed E-state index contributed by atoms with van der Waals surface area (Å²) in [6, 6.07) is 0.00723. The Hall–Kier alpha value is -1.62. The van der Waals surface area contributed by atoms with Crippen molar-refractivity contribution in [2.24, 2.45) is 11.8 Å². The summed E-state index contributed by atoms with van der Waals surface area (Å²) in [6.07, 6.45) is 7.15. The number of hydrogen-bond donors (Lipinski definition) is 2. The zero-order chi connectivity index (χ0) is 15.4. The molecule has 1 aromatic rings. The van der Waals surface area contributed by atoms with Crippen LogP contribution in [0.25, 0.3) is 0 Å². The maximum absolute atomic E-state index is 12.4. The number of nitrogens with one attached hydrogen (secondary N) is 1. The highest BCUT2D eigenvalue weighted by Crippen LogP contribution is 2.18. The molecule has 5 heteroatoms. The molecule has 0 saturated heterocycles. The van der Waals surface area contributed by atoms with E-state index in [2.05, 4.69) is 24.3 Å². The minimum absolute atomic E-state index is 0.00723. The van der Waals surface area contributed by atoms with Gasteiger partial charge in [-0.1, -0.05) is 32.9 Å². The molecule has 0 radical (unpaired) electrons. The molecule has 0 aromatic carbocycles. The van der Waals surface area contributed by atoms with E-state index in [9.17, 15) is 4.79 Å². The maximum atomic E-state index is 12.4. The molecule has 5 nitrogen and oxygen atoms in total. The zero-order valence-corrected chi connectivity index (χ0v) is 13.0. The fourth-order valence-electron chi connectivity index (χ4n) is 2.74. The summed E-state index contributed by atoms with van der Waals surface area (Å²) in [6.45, 7) is 7.28. The fourth-order valence-corrected chi connectivity index (χ4v) is 2.74. The van der Waals surface area contributed by atoms with E-state index in [1.54, 1.807) is 6.20 Å². The van der Waals surface area contributed by atoms with Gasteiger partial charge in [0.2, 0.25) is 0 Å². The van der Waals surface area contributed by atoms with Gasteiger partial charge >= 0.3 is 0 Å². The van der Waals surface area contributed by atoms with Gasteiger partial charge < -0.3 is 10.4 Å². The quantitative estimate of drug-likeness (QED) is 0.785. The van der Waals surface area contributed by atoms with Gasteiger partial charge in [0.1, 0.15) is 0 Å². The smallest absolute Gasteiger partial charge is 0.255 e. The molecule has 0 spiro atoms. The van der Waals surface area contributed by atoms with Crippen LogP contribution in [0.4, 0.5) is 0 Å². The average Bonchev–Trinajstić information content (AvgIpc) is 3.04. The largest absolute Gasteiger partial charge is 0.396 e. The second-order valence-corrected chi connectivity index (χ2v) is 6.08. The Morgan fingerprint density at radius 3 is 2.86 bits per heavy atom. The molecule has 1 aliphatic carbocycles. The van der Waals surface area contributed by atoms with Crippen LogP contribution in [-0.4, -0.2) is 33.4 Å². The summed E-state index contributed by atoms with van der Waals surface area (Å²) in [7, 11) is 0. The normalized spacial score (nSPS) is 21.2. The predicted molar refractivity (Wildman–Crippen MR) is 82.0 cm³/mol. The molecule has 1 aliphatic rings. The number of carbonyl (C=O) groups excluding carboxylic acids is 1. The fraction of sp³-hybridized carbons (Fsp3) is 0.625. The van der Waals surface area contributed by atoms with Crippen LogP contribution in [0.1, 0.15) is 43.2 Å². The first-order valence-electron chi connectivity index (χ1n) is 7.69. The minimum Gasteiger partial charge on any atom is -0.396 e. The van der Waals surface area contributed by atoms with Gasteiger partial charge in [0.25, 0.3) is 5.91 Å². The number of aliphatic hydroxyl groups is 1. The highest BCUT2D eigenvalue weighted by atomic mass is 16.3. The Morgan fingerprint density at radius 1 is 1.52 bits per heavy atom. The summed E-state index contributed by atoms with van der Waals surface area (Å²) in [4.78, 5) is 12.4. The predicted octanol–water partition coefficient (Wildman–Crippen LogP) is 1.77. The van der Waals surface area contributed by atoms with Crippen molar-refractivity contribution in [1.29, 1.82) is 0 Å². The van der Waals surface area contributed by atoms with Crippen molar-refractivity contribution in [3.8, 4) is 0 Å². The number of amides is 1. The first-order chi connectivity index (χ1) is 10.0. The number of aromatic nitrogens is 2. The summed E-state index contributed by atoms with van der Waals surface area (Å²) in [5.41, 5.74) is 1.65. The van der Waals surface area contributed by atoms with E-state index in [1.807, 2.05) is 23.8 Å². The molecular formula is C16H25N3O2. The summed E-state index contributed by atoms with van der Waals surface area (Å²) in [5, 5.41) is 16.5. The van der Waals surface area contributed by atoms with E-state index in [1.165, 1.54) is 0 Å². The van der Waals surface area contributed by atoms with Crippen LogP contribution in [0.5, 0.6) is 0 Å². The number of carbonyl (C=O) groups is 1. The van der Waals surface area contributed by atoms with Gasteiger partial charge in [0.05, 0.1) is 17.5 Å². The molecule has 116 valence electrons. The van der Waals surface area contributed by atoms with Crippen LogP contribution in [-0.2, 0) is 13.0 Å². The molecule has 1 heterocycles. The Kier molecular flexibility index (Phi) is 5.17. The van der Waals surface area contributed by atoms with Crippen LogP contribution in [0.3, 0.4) is 0 Å². The monoisotopic (exact) mass is 291 g/mol. The molecule has 0 saturated carbocycles. The van der Waals surface area contributed by atoms with E-state index >= 15 is 0 Å². The van der Waals surface area contributed by atoms with Gasteiger partial charge in [-0.3, -0.25) is 9.48 Å². The molecule has 1 aromatic heterocycles. The van der Waals surface area contributed by atoms with Crippen LogP contribution in [0.15, 0.2) is 18.3 Å². The molecular weight excluding hydrogens is 266 g/mol. The molecule has 0 aliphatic heterocycles. The van der Waals surface area contributed by atoms with E-state index in [-0.39, 0.29) is 24.5 Å². The van der Waals surface area contributed by atoms with Gasteiger partial charge in [-0.05, 0) is 18.8 Å². The SMILES string of the molecule is CCc1c(C(=O)N[C@@H]2C=C[C@H](CO)C2)cnn1CC(C)C. The van der Waals surface area contributed by atoms with Gasteiger partial charge in [0.15, 0.2) is 0 Å². The molecule has 2 N–H and O–H groups in total. The molecule has 0 fully saturated rings. The third-order valence-electron chi connectivity index (χ3n) is 3.79. The maximum Gasteiger partial charge on any atom is 0.255 e. The Bertz CT molecular complexity index is 520.